The van der Waals surface area contributed by atoms with Crippen LogP contribution in [0.25, 0.3) is 16.7 Å². The zero-order chi connectivity index (χ0) is 26.8. The van der Waals surface area contributed by atoms with E-state index in [0.717, 1.165) is 11.1 Å². The lowest BCUT2D eigenvalue weighted by atomic mass is 10.1. The summed E-state index contributed by atoms with van der Waals surface area (Å²) in [7, 11) is 3.16. The summed E-state index contributed by atoms with van der Waals surface area (Å²) in [4.78, 5) is 31.6. The fraction of sp³-hybridized carbons (Fsp3) is 0.214. The van der Waals surface area contributed by atoms with E-state index in [-0.39, 0.29) is 28.9 Å². The second-order valence-corrected chi connectivity index (χ2v) is 8.84. The highest BCUT2D eigenvalue weighted by atomic mass is 16.5. The number of hydrogen-bond donors (Lipinski definition) is 2. The van der Waals surface area contributed by atoms with Crippen LogP contribution in [0.4, 0.5) is 5.82 Å². The Hall–Kier alpha value is -4.86. The van der Waals surface area contributed by atoms with Gasteiger partial charge in [-0.15, -0.1) is 0 Å². The van der Waals surface area contributed by atoms with E-state index in [1.54, 1.807) is 43.2 Å². The van der Waals surface area contributed by atoms with Gasteiger partial charge in [0.25, 0.3) is 17.1 Å². The highest BCUT2D eigenvalue weighted by molar-refractivity contribution is 6.00. The quantitative estimate of drug-likeness (QED) is 0.241. The van der Waals surface area contributed by atoms with Crippen LogP contribution in [-0.2, 0) is 19.5 Å². The summed E-state index contributed by atoms with van der Waals surface area (Å²) in [6.45, 7) is 2.44. The molecule has 0 atom stereocenters. The molecular formula is C28H28N5O5+. The Labute approximate surface area is 218 Å². The lowest BCUT2D eigenvalue weighted by molar-refractivity contribution is -0.658. The number of nitrogens with two attached hydrogens (primary N) is 1. The largest absolute Gasteiger partial charge is 0.493 e. The Bertz CT molecular complexity index is 1710. The van der Waals surface area contributed by atoms with Crippen molar-refractivity contribution in [3.05, 3.63) is 93.8 Å². The van der Waals surface area contributed by atoms with Gasteiger partial charge in [-0.05, 0) is 48.9 Å². The molecule has 0 saturated heterocycles. The van der Waals surface area contributed by atoms with Crippen LogP contribution in [-0.4, -0.2) is 29.5 Å². The van der Waals surface area contributed by atoms with E-state index < -0.39 is 5.91 Å². The van der Waals surface area contributed by atoms with Crippen molar-refractivity contribution in [1.29, 1.82) is 0 Å². The van der Waals surface area contributed by atoms with E-state index in [2.05, 4.69) is 5.32 Å². The van der Waals surface area contributed by atoms with E-state index in [9.17, 15) is 9.59 Å². The zero-order valence-electron chi connectivity index (χ0n) is 21.4. The van der Waals surface area contributed by atoms with Crippen LogP contribution in [0.15, 0.2) is 70.2 Å². The number of ether oxygens (including phenoxy) is 2. The number of pyridine rings is 2. The third-order valence-corrected chi connectivity index (χ3v) is 6.50. The van der Waals surface area contributed by atoms with Crippen LogP contribution >= 0.6 is 0 Å². The van der Waals surface area contributed by atoms with E-state index >= 15 is 0 Å². The highest BCUT2D eigenvalue weighted by Crippen LogP contribution is 2.28. The number of benzene rings is 1. The number of nitrogens with one attached hydrogen (secondary N) is 1. The van der Waals surface area contributed by atoms with Crippen molar-refractivity contribution >= 4 is 28.4 Å². The van der Waals surface area contributed by atoms with Crippen LogP contribution in [0.2, 0.25) is 0 Å². The number of anilines is 1. The maximum Gasteiger partial charge on any atom is 0.278 e. The molecule has 4 heterocycles. The minimum Gasteiger partial charge on any atom is -0.493 e. The molecule has 0 aliphatic rings. The molecule has 10 nitrogen and oxygen atoms in total. The monoisotopic (exact) mass is 514 g/mol. The van der Waals surface area contributed by atoms with Gasteiger partial charge >= 0.3 is 0 Å². The third kappa shape index (κ3) is 4.52. The minimum atomic E-state index is -0.422. The summed E-state index contributed by atoms with van der Waals surface area (Å²) >= 11 is 0. The Balaban J connectivity index is 1.61. The number of amides is 1. The fourth-order valence-corrected chi connectivity index (χ4v) is 4.47. The van der Waals surface area contributed by atoms with E-state index in [0.29, 0.717) is 41.5 Å². The molecule has 38 heavy (non-hydrogen) atoms. The van der Waals surface area contributed by atoms with Gasteiger partial charge in [0.05, 0.1) is 33.6 Å². The molecular weight excluding hydrogens is 486 g/mol. The number of furan rings is 1. The standard InChI is InChI=1S/C28H27N5O5/c1-17-6-4-11-33-25(17)31-26-21(28(33)35)15-20(27(34)30-16-19-7-5-13-38-19)24(29)32(26)12-10-18-8-9-22(36-2)23(14-18)37-3/h4-9,11,13-15,29H,10,12,16H2,1-3H3,(H,30,34)/p+1. The van der Waals surface area contributed by atoms with E-state index in [1.165, 1.54) is 16.7 Å². The van der Waals surface area contributed by atoms with Crippen molar-refractivity contribution in [3.63, 3.8) is 0 Å². The molecule has 0 fully saturated rings. The molecule has 4 aromatic heterocycles. The highest BCUT2D eigenvalue weighted by Gasteiger charge is 2.25. The molecule has 0 unspecified atom stereocenters. The number of hydrogen-bond acceptors (Lipinski definition) is 7. The number of aryl methyl sites for hydroxylation is 3. The number of nitrogens with zero attached hydrogens (tertiary/aromatic N) is 3. The molecule has 1 amide bonds. The zero-order valence-corrected chi connectivity index (χ0v) is 21.4. The number of fused-ring (bicyclic) bond motifs is 2. The van der Waals surface area contributed by atoms with Gasteiger partial charge in [-0.25, -0.2) is 4.57 Å². The van der Waals surface area contributed by atoms with Crippen LogP contribution in [0.5, 0.6) is 11.5 Å². The van der Waals surface area contributed by atoms with Gasteiger partial charge in [-0.1, -0.05) is 17.1 Å². The third-order valence-electron chi connectivity index (χ3n) is 6.50. The first-order valence-electron chi connectivity index (χ1n) is 12.1. The molecule has 5 rings (SSSR count). The minimum absolute atomic E-state index is 0.183. The molecule has 3 N–H and O–H groups in total. The average molecular weight is 515 g/mol. The number of aromatic nitrogens is 3. The summed E-state index contributed by atoms with van der Waals surface area (Å²) in [6.07, 6.45) is 3.74. The first kappa shape index (κ1) is 24.8. The second-order valence-electron chi connectivity index (χ2n) is 8.84. The molecule has 5 aromatic rings. The Morgan fingerprint density at radius 2 is 1.95 bits per heavy atom. The number of methoxy groups -OCH3 is 2. The lowest BCUT2D eigenvalue weighted by Crippen LogP contribution is -2.43. The van der Waals surface area contributed by atoms with E-state index in [1.807, 2.05) is 31.2 Å². The van der Waals surface area contributed by atoms with Crippen molar-refractivity contribution in [2.45, 2.75) is 26.4 Å². The van der Waals surface area contributed by atoms with Crippen molar-refractivity contribution in [2.75, 3.05) is 20.0 Å². The fourth-order valence-electron chi connectivity index (χ4n) is 4.47. The number of carbonyl (C=O) groups excluding carboxylic acids is 1. The number of carbonyl (C=O) groups is 1. The summed E-state index contributed by atoms with van der Waals surface area (Å²) < 4.78 is 19.3. The molecule has 0 bridgehead atoms. The van der Waals surface area contributed by atoms with Gasteiger partial charge in [-0.2, -0.15) is 0 Å². The van der Waals surface area contributed by atoms with Gasteiger partial charge in [-0.3, -0.25) is 14.0 Å². The predicted molar refractivity (Wildman–Crippen MR) is 141 cm³/mol. The van der Waals surface area contributed by atoms with Crippen molar-refractivity contribution in [3.8, 4) is 11.5 Å². The predicted octanol–water partition coefficient (Wildman–Crippen LogP) is 2.81. The van der Waals surface area contributed by atoms with E-state index in [4.69, 9.17) is 24.6 Å². The van der Waals surface area contributed by atoms with Crippen molar-refractivity contribution in [2.24, 2.45) is 0 Å². The molecule has 0 spiro atoms. The van der Waals surface area contributed by atoms with Crippen molar-refractivity contribution in [1.82, 2.24) is 14.7 Å². The topological polar surface area (TPSA) is 125 Å². The molecule has 0 aliphatic heterocycles. The molecule has 0 radical (unpaired) electrons. The lowest BCUT2D eigenvalue weighted by Gasteiger charge is -2.13. The molecule has 10 heteroatoms. The number of rotatable bonds is 8. The number of nitrogen functional groups attached to an aromatic ring is 1. The van der Waals surface area contributed by atoms with Crippen LogP contribution in [0, 0.1) is 6.92 Å². The maximum atomic E-state index is 13.5. The normalized spacial score (nSPS) is 11.1. The molecule has 0 aliphatic carbocycles. The molecule has 0 saturated carbocycles. The molecule has 194 valence electrons. The SMILES string of the molecule is COc1ccc(CC[n+]2c(N)c(C(=O)NCc3ccco3)cc3c(=O)n4cccc(C)c4nc32)cc1OC. The van der Waals surface area contributed by atoms with Gasteiger partial charge in [0.15, 0.2) is 11.5 Å². The van der Waals surface area contributed by atoms with Crippen LogP contribution in [0.3, 0.4) is 0 Å². The summed E-state index contributed by atoms with van der Waals surface area (Å²) in [5.41, 5.74) is 9.22. The average Bonchev–Trinajstić information content (AvgIpc) is 3.45. The van der Waals surface area contributed by atoms with Gasteiger partial charge in [0.2, 0.25) is 11.5 Å². The Kier molecular flexibility index (Phi) is 6.69. The Morgan fingerprint density at radius 3 is 2.68 bits per heavy atom. The van der Waals surface area contributed by atoms with Crippen molar-refractivity contribution < 1.29 is 23.3 Å². The first-order valence-corrected chi connectivity index (χ1v) is 12.1. The maximum absolute atomic E-state index is 13.5. The first-order chi connectivity index (χ1) is 18.4. The summed E-state index contributed by atoms with van der Waals surface area (Å²) in [5.74, 6) is 1.62. The van der Waals surface area contributed by atoms with Crippen LogP contribution in [0.1, 0.15) is 27.2 Å². The van der Waals surface area contributed by atoms with Gasteiger partial charge in [0, 0.05) is 18.2 Å². The smallest absolute Gasteiger partial charge is 0.278 e. The second kappa shape index (κ2) is 10.3. The summed E-state index contributed by atoms with van der Waals surface area (Å²) in [6, 6.07) is 14.4. The molecule has 1 aromatic carbocycles. The summed E-state index contributed by atoms with van der Waals surface area (Å²) in [5, 5.41) is 3.11. The van der Waals surface area contributed by atoms with Crippen LogP contribution < -0.4 is 30.7 Å². The van der Waals surface area contributed by atoms with Gasteiger partial charge < -0.3 is 24.9 Å². The van der Waals surface area contributed by atoms with Gasteiger partial charge in [0.1, 0.15) is 16.7 Å². The Morgan fingerprint density at radius 1 is 1.13 bits per heavy atom.